The maximum atomic E-state index is 12.3. The summed E-state index contributed by atoms with van der Waals surface area (Å²) in [6.45, 7) is 1.77. The molecule has 1 unspecified atom stereocenters. The van der Waals surface area contributed by atoms with E-state index in [1.54, 1.807) is 4.88 Å². The highest BCUT2D eigenvalue weighted by atomic mass is 32.1. The highest BCUT2D eigenvalue weighted by Gasteiger charge is 2.40. The number of nitrogens with zero attached hydrogens (tertiary/aromatic N) is 2. The van der Waals surface area contributed by atoms with Gasteiger partial charge in [-0.15, -0.1) is 11.3 Å². The highest BCUT2D eigenvalue weighted by Crippen LogP contribution is 2.48. The molecule has 4 nitrogen and oxygen atoms in total. The van der Waals surface area contributed by atoms with Crippen molar-refractivity contribution < 1.29 is 0 Å². The van der Waals surface area contributed by atoms with E-state index in [0.29, 0.717) is 11.4 Å². The van der Waals surface area contributed by atoms with Gasteiger partial charge in [0.25, 0.3) is 5.56 Å². The van der Waals surface area contributed by atoms with Gasteiger partial charge in [-0.05, 0) is 54.3 Å². The summed E-state index contributed by atoms with van der Waals surface area (Å²) in [6.07, 6.45) is 3.74. The van der Waals surface area contributed by atoms with E-state index in [9.17, 15) is 4.79 Å². The van der Waals surface area contributed by atoms with E-state index in [1.807, 2.05) is 35.6 Å². The fourth-order valence-corrected chi connectivity index (χ4v) is 4.85. The third-order valence-electron chi connectivity index (χ3n) is 5.20. The van der Waals surface area contributed by atoms with Crippen molar-refractivity contribution in [3.05, 3.63) is 62.3 Å². The van der Waals surface area contributed by atoms with Crippen LogP contribution in [-0.4, -0.2) is 21.4 Å². The zero-order valence-electron chi connectivity index (χ0n) is 13.4. The molecule has 0 bridgehead atoms. The van der Waals surface area contributed by atoms with Crippen molar-refractivity contribution in [1.82, 2.24) is 14.9 Å². The first-order valence-electron chi connectivity index (χ1n) is 8.58. The average molecular weight is 337 g/mol. The van der Waals surface area contributed by atoms with E-state index in [4.69, 9.17) is 4.98 Å². The van der Waals surface area contributed by atoms with Gasteiger partial charge in [-0.1, -0.05) is 12.1 Å². The van der Waals surface area contributed by atoms with Crippen LogP contribution in [0.15, 0.2) is 40.5 Å². The smallest absolute Gasteiger partial charge is 0.258 e. The van der Waals surface area contributed by atoms with Crippen LogP contribution < -0.4 is 5.56 Å². The molecule has 0 spiro atoms. The first-order chi connectivity index (χ1) is 11.8. The molecule has 1 aliphatic heterocycles. The Bertz CT molecular complexity index is 956. The molecule has 1 aliphatic carbocycles. The van der Waals surface area contributed by atoms with Gasteiger partial charge in [-0.3, -0.25) is 9.69 Å². The summed E-state index contributed by atoms with van der Waals surface area (Å²) in [6, 6.07) is 10.4. The molecule has 5 heteroatoms. The summed E-state index contributed by atoms with van der Waals surface area (Å²) in [4.78, 5) is 24.1. The minimum absolute atomic E-state index is 0.0354. The van der Waals surface area contributed by atoms with Gasteiger partial charge in [0.1, 0.15) is 5.82 Å². The number of aromatic nitrogens is 2. The molecule has 0 radical (unpaired) electrons. The maximum absolute atomic E-state index is 12.3. The second kappa shape index (κ2) is 5.53. The predicted molar refractivity (Wildman–Crippen MR) is 96.3 cm³/mol. The molecule has 1 aromatic carbocycles. The Morgan fingerprint density at radius 3 is 3.00 bits per heavy atom. The molecule has 3 heterocycles. The lowest BCUT2D eigenvalue weighted by atomic mass is 9.96. The summed E-state index contributed by atoms with van der Waals surface area (Å²) in [5.74, 6) is 1.55. The number of hydrogen-bond acceptors (Lipinski definition) is 4. The van der Waals surface area contributed by atoms with Crippen LogP contribution in [0.1, 0.15) is 35.1 Å². The van der Waals surface area contributed by atoms with Crippen LogP contribution in [0.3, 0.4) is 0 Å². The van der Waals surface area contributed by atoms with Gasteiger partial charge in [-0.2, -0.15) is 0 Å². The van der Waals surface area contributed by atoms with Gasteiger partial charge in [-0.25, -0.2) is 4.98 Å². The van der Waals surface area contributed by atoms with Crippen molar-refractivity contribution in [2.75, 3.05) is 6.54 Å². The molecule has 24 heavy (non-hydrogen) atoms. The maximum Gasteiger partial charge on any atom is 0.258 e. The molecule has 0 saturated heterocycles. The second-order valence-corrected chi connectivity index (χ2v) is 7.83. The summed E-state index contributed by atoms with van der Waals surface area (Å²) in [7, 11) is 0. The minimum Gasteiger partial charge on any atom is -0.309 e. The Balaban J connectivity index is 1.50. The van der Waals surface area contributed by atoms with Crippen LogP contribution in [0, 0.1) is 5.92 Å². The van der Waals surface area contributed by atoms with Crippen LogP contribution in [0.25, 0.3) is 10.9 Å². The molecule has 5 rings (SSSR count). The molecular formula is C19H19N3OS. The second-order valence-electron chi connectivity index (χ2n) is 6.83. The fourth-order valence-electron chi connectivity index (χ4n) is 3.94. The number of nitrogens with one attached hydrogen (secondary N) is 1. The lowest BCUT2D eigenvalue weighted by Crippen LogP contribution is -2.36. The predicted octanol–water partition coefficient (Wildman–Crippen LogP) is 3.49. The first-order valence-corrected chi connectivity index (χ1v) is 9.46. The van der Waals surface area contributed by atoms with Crippen molar-refractivity contribution in [1.29, 1.82) is 0 Å². The Morgan fingerprint density at radius 1 is 1.25 bits per heavy atom. The Kier molecular flexibility index (Phi) is 3.31. The minimum atomic E-state index is -0.0354. The number of hydrogen-bond donors (Lipinski definition) is 1. The number of thiophene rings is 1. The standard InChI is InChI=1S/C19H19N3OS/c23-19-13-3-1-2-4-15(13)20-17(21-19)11-22-9-7-16-14(8-10-24-16)18(22)12-5-6-12/h1-4,8,10,12,18H,5-7,9,11H2,(H,20,21,23). The van der Waals surface area contributed by atoms with Crippen LogP contribution in [0.2, 0.25) is 0 Å². The molecular weight excluding hydrogens is 318 g/mol. The third kappa shape index (κ3) is 2.39. The molecule has 1 saturated carbocycles. The van der Waals surface area contributed by atoms with Crippen LogP contribution in [0.4, 0.5) is 0 Å². The summed E-state index contributed by atoms with van der Waals surface area (Å²) < 4.78 is 0. The van der Waals surface area contributed by atoms with Crippen molar-refractivity contribution >= 4 is 22.2 Å². The molecule has 1 atom stereocenters. The molecule has 122 valence electrons. The van der Waals surface area contributed by atoms with Gasteiger partial charge in [0.05, 0.1) is 17.4 Å². The van der Waals surface area contributed by atoms with E-state index < -0.39 is 0 Å². The number of aromatic amines is 1. The fraction of sp³-hybridized carbons (Fsp3) is 0.368. The van der Waals surface area contributed by atoms with Gasteiger partial charge < -0.3 is 4.98 Å². The topological polar surface area (TPSA) is 49.0 Å². The molecule has 3 aromatic rings. The van der Waals surface area contributed by atoms with Crippen LogP contribution in [0.5, 0.6) is 0 Å². The summed E-state index contributed by atoms with van der Waals surface area (Å²) in [5.41, 5.74) is 2.26. The molecule has 1 N–H and O–H groups in total. The van der Waals surface area contributed by atoms with Gasteiger partial charge in [0.15, 0.2) is 0 Å². The van der Waals surface area contributed by atoms with Gasteiger partial charge in [0, 0.05) is 17.5 Å². The normalized spacial score (nSPS) is 21.1. The number of rotatable bonds is 3. The van der Waals surface area contributed by atoms with Gasteiger partial charge in [0.2, 0.25) is 0 Å². The highest BCUT2D eigenvalue weighted by molar-refractivity contribution is 7.10. The van der Waals surface area contributed by atoms with Crippen LogP contribution in [-0.2, 0) is 13.0 Å². The SMILES string of the molecule is O=c1[nH]c(CN2CCc3sccc3C2C2CC2)nc2ccccc12. The van der Waals surface area contributed by atoms with E-state index in [1.165, 1.54) is 18.4 Å². The zero-order valence-corrected chi connectivity index (χ0v) is 14.2. The molecule has 2 aliphatic rings. The largest absolute Gasteiger partial charge is 0.309 e. The van der Waals surface area contributed by atoms with Gasteiger partial charge >= 0.3 is 0 Å². The monoisotopic (exact) mass is 337 g/mol. The molecule has 0 amide bonds. The first kappa shape index (κ1) is 14.4. The quantitative estimate of drug-likeness (QED) is 0.796. The van der Waals surface area contributed by atoms with Crippen molar-refractivity contribution in [2.24, 2.45) is 5.92 Å². The Morgan fingerprint density at radius 2 is 2.12 bits per heavy atom. The lowest BCUT2D eigenvalue weighted by molar-refractivity contribution is 0.154. The van der Waals surface area contributed by atoms with E-state index >= 15 is 0 Å². The van der Waals surface area contributed by atoms with E-state index in [0.717, 1.165) is 36.8 Å². The Hall–Kier alpha value is -1.98. The number of para-hydroxylation sites is 1. The summed E-state index contributed by atoms with van der Waals surface area (Å²) in [5, 5.41) is 2.89. The zero-order chi connectivity index (χ0) is 16.1. The molecule has 2 aromatic heterocycles. The van der Waals surface area contributed by atoms with E-state index in [-0.39, 0.29) is 5.56 Å². The number of fused-ring (bicyclic) bond motifs is 2. The van der Waals surface area contributed by atoms with Crippen molar-refractivity contribution in [3.63, 3.8) is 0 Å². The van der Waals surface area contributed by atoms with Crippen LogP contribution >= 0.6 is 11.3 Å². The number of H-pyrrole nitrogens is 1. The van der Waals surface area contributed by atoms with E-state index in [2.05, 4.69) is 21.3 Å². The third-order valence-corrected chi connectivity index (χ3v) is 6.20. The molecule has 1 fully saturated rings. The number of benzene rings is 1. The lowest BCUT2D eigenvalue weighted by Gasteiger charge is -2.35. The average Bonchev–Trinajstić information content (AvgIpc) is 3.31. The van der Waals surface area contributed by atoms with Crippen molar-refractivity contribution in [3.8, 4) is 0 Å². The van der Waals surface area contributed by atoms with Crippen molar-refractivity contribution in [2.45, 2.75) is 31.8 Å². The summed E-state index contributed by atoms with van der Waals surface area (Å²) >= 11 is 1.89. The Labute approximate surface area is 144 Å².